The summed E-state index contributed by atoms with van der Waals surface area (Å²) in [6, 6.07) is 6.91. The van der Waals surface area contributed by atoms with Crippen molar-refractivity contribution in [3.8, 4) is 0 Å². The van der Waals surface area contributed by atoms with Gasteiger partial charge in [-0.15, -0.1) is 17.0 Å². The molecule has 2 aliphatic rings. The van der Waals surface area contributed by atoms with Gasteiger partial charge in [-0.05, 0) is 82.5 Å². The first-order valence-electron chi connectivity index (χ1n) is 12.0. The molecule has 3 rings (SSSR count). The van der Waals surface area contributed by atoms with Gasteiger partial charge in [-0.2, -0.15) is 0 Å². The number of carboxylic acids is 1. The van der Waals surface area contributed by atoms with E-state index in [1.165, 1.54) is 4.90 Å². The first kappa shape index (κ1) is 28.2. The van der Waals surface area contributed by atoms with Crippen LogP contribution in [-0.2, 0) is 25.5 Å². The van der Waals surface area contributed by atoms with E-state index in [-0.39, 0.29) is 35.7 Å². The number of aryl methyl sites for hydroxylation is 1. The zero-order valence-corrected chi connectivity index (χ0v) is 21.5. The highest BCUT2D eigenvalue weighted by molar-refractivity contribution is 8.93. The third-order valence-electron chi connectivity index (χ3n) is 6.47. The standard InChI is InChI=1S/C25H35N3O5.BrH/c1-2-33-23(9-5-7-20(17-29)18-12-14-26-15-13-18)27-21-11-10-19-6-3-4-8-22(19)28(25(21)32)16-24(30)31;/h3-4,6,8,18,21,23,26-27H,2,5,7,9-16H2,1H3,(H,30,31);1H. The summed E-state index contributed by atoms with van der Waals surface area (Å²) in [4.78, 5) is 37.6. The maximum atomic E-state index is 13.3. The summed E-state index contributed by atoms with van der Waals surface area (Å²) in [6.07, 6.45) is 4.90. The van der Waals surface area contributed by atoms with Gasteiger partial charge in [-0.3, -0.25) is 19.8 Å². The minimum absolute atomic E-state index is 0. The van der Waals surface area contributed by atoms with Gasteiger partial charge in [0, 0.05) is 17.9 Å². The van der Waals surface area contributed by atoms with Crippen LogP contribution in [0.1, 0.15) is 51.0 Å². The molecule has 0 aliphatic carbocycles. The lowest BCUT2D eigenvalue weighted by Crippen LogP contribution is -2.51. The summed E-state index contributed by atoms with van der Waals surface area (Å²) >= 11 is 0. The highest BCUT2D eigenvalue weighted by Crippen LogP contribution is 2.28. The zero-order chi connectivity index (χ0) is 23.6. The van der Waals surface area contributed by atoms with E-state index in [9.17, 15) is 19.5 Å². The predicted molar refractivity (Wildman–Crippen MR) is 136 cm³/mol. The van der Waals surface area contributed by atoms with E-state index in [2.05, 4.69) is 16.6 Å². The van der Waals surface area contributed by atoms with E-state index < -0.39 is 12.0 Å². The van der Waals surface area contributed by atoms with Crippen LogP contribution in [0.15, 0.2) is 29.8 Å². The molecule has 2 aliphatic heterocycles. The number of ether oxygens (including phenoxy) is 1. The zero-order valence-electron chi connectivity index (χ0n) is 19.8. The Kier molecular flexibility index (Phi) is 11.9. The van der Waals surface area contributed by atoms with Gasteiger partial charge in [-0.25, -0.2) is 4.79 Å². The van der Waals surface area contributed by atoms with Gasteiger partial charge >= 0.3 is 5.97 Å². The monoisotopic (exact) mass is 537 g/mol. The van der Waals surface area contributed by atoms with E-state index in [1.54, 1.807) is 6.07 Å². The number of benzene rings is 1. The Hall–Kier alpha value is -2.03. The molecule has 0 radical (unpaired) electrons. The Morgan fingerprint density at radius 3 is 2.71 bits per heavy atom. The molecular weight excluding hydrogens is 502 g/mol. The van der Waals surface area contributed by atoms with Crippen molar-refractivity contribution in [1.82, 2.24) is 10.6 Å². The average molecular weight is 538 g/mol. The van der Waals surface area contributed by atoms with E-state index in [4.69, 9.17) is 4.74 Å². The Morgan fingerprint density at radius 2 is 2.03 bits per heavy atom. The molecule has 1 aromatic rings. The third kappa shape index (κ3) is 7.75. The summed E-state index contributed by atoms with van der Waals surface area (Å²) < 4.78 is 5.87. The Labute approximate surface area is 211 Å². The number of halogens is 1. The molecule has 1 amide bonds. The summed E-state index contributed by atoms with van der Waals surface area (Å²) in [6.45, 7) is 3.87. The fraction of sp³-hybridized carbons (Fsp3) is 0.600. The highest BCUT2D eigenvalue weighted by atomic mass is 79.9. The molecule has 2 heterocycles. The number of rotatable bonds is 11. The first-order valence-corrected chi connectivity index (χ1v) is 12.0. The molecule has 0 spiro atoms. The van der Waals surface area contributed by atoms with Crippen molar-refractivity contribution in [2.24, 2.45) is 5.92 Å². The Morgan fingerprint density at radius 1 is 1.29 bits per heavy atom. The van der Waals surface area contributed by atoms with Crippen LogP contribution in [-0.4, -0.2) is 61.4 Å². The smallest absolute Gasteiger partial charge is 0.323 e. The summed E-state index contributed by atoms with van der Waals surface area (Å²) in [5.41, 5.74) is 2.47. The predicted octanol–water partition coefficient (Wildman–Crippen LogP) is 2.88. The van der Waals surface area contributed by atoms with E-state index >= 15 is 0 Å². The molecule has 34 heavy (non-hydrogen) atoms. The molecular formula is C25H36BrN3O5. The van der Waals surface area contributed by atoms with Gasteiger partial charge in [0.15, 0.2) is 0 Å². The molecule has 3 N–H and O–H groups in total. The second kappa shape index (κ2) is 14.4. The normalized spacial score (nSPS) is 19.4. The molecule has 1 aromatic carbocycles. The van der Waals surface area contributed by atoms with E-state index in [0.29, 0.717) is 43.9 Å². The molecule has 9 heteroatoms. The number of allylic oxidation sites excluding steroid dienone is 1. The summed E-state index contributed by atoms with van der Waals surface area (Å²) in [5, 5.41) is 16.0. The van der Waals surface area contributed by atoms with Gasteiger partial charge in [0.05, 0.1) is 6.04 Å². The minimum atomic E-state index is -1.05. The topological polar surface area (TPSA) is 108 Å². The number of hydrogen-bond acceptors (Lipinski definition) is 6. The maximum absolute atomic E-state index is 13.3. The first-order chi connectivity index (χ1) is 16.0. The molecule has 2 atom stereocenters. The number of fused-ring (bicyclic) bond motifs is 1. The average Bonchev–Trinajstić information content (AvgIpc) is 2.94. The van der Waals surface area contributed by atoms with E-state index in [1.807, 2.05) is 25.1 Å². The number of carboxylic acid groups (broad SMARTS) is 1. The number of anilines is 1. The van der Waals surface area contributed by atoms with Gasteiger partial charge in [-0.1, -0.05) is 18.2 Å². The summed E-state index contributed by atoms with van der Waals surface area (Å²) in [7, 11) is 0. The van der Waals surface area contributed by atoms with E-state index in [0.717, 1.165) is 43.5 Å². The fourth-order valence-electron chi connectivity index (χ4n) is 4.80. The summed E-state index contributed by atoms with van der Waals surface area (Å²) in [5.74, 6) is 1.17. The molecule has 0 aromatic heterocycles. The van der Waals surface area contributed by atoms with Crippen LogP contribution >= 0.6 is 17.0 Å². The second-order valence-corrected chi connectivity index (χ2v) is 8.69. The third-order valence-corrected chi connectivity index (χ3v) is 6.47. The maximum Gasteiger partial charge on any atom is 0.323 e. The molecule has 0 saturated carbocycles. The van der Waals surface area contributed by atoms with Crippen molar-refractivity contribution < 1.29 is 24.2 Å². The van der Waals surface area contributed by atoms with Crippen molar-refractivity contribution >= 4 is 40.5 Å². The lowest BCUT2D eigenvalue weighted by atomic mass is 9.88. The number of piperidine rings is 1. The van der Waals surface area contributed by atoms with Crippen molar-refractivity contribution in [2.45, 2.75) is 64.1 Å². The van der Waals surface area contributed by atoms with Crippen molar-refractivity contribution in [3.05, 3.63) is 35.4 Å². The number of amides is 1. The number of para-hydroxylation sites is 1. The molecule has 1 fully saturated rings. The van der Waals surface area contributed by atoms with Crippen LogP contribution in [0.2, 0.25) is 0 Å². The van der Waals surface area contributed by atoms with Crippen molar-refractivity contribution in [3.63, 3.8) is 0 Å². The van der Waals surface area contributed by atoms with Crippen LogP contribution in [0.3, 0.4) is 0 Å². The van der Waals surface area contributed by atoms with Crippen LogP contribution in [0.25, 0.3) is 0 Å². The molecule has 8 nitrogen and oxygen atoms in total. The van der Waals surface area contributed by atoms with Crippen LogP contribution in [0, 0.1) is 5.92 Å². The number of nitrogens with zero attached hydrogens (tertiary/aromatic N) is 1. The Bertz CT molecular complexity index is 868. The van der Waals surface area contributed by atoms with Gasteiger partial charge in [0.1, 0.15) is 18.7 Å². The lowest BCUT2D eigenvalue weighted by Gasteiger charge is -2.28. The van der Waals surface area contributed by atoms with Crippen LogP contribution in [0.4, 0.5) is 5.69 Å². The lowest BCUT2D eigenvalue weighted by molar-refractivity contribution is -0.137. The van der Waals surface area contributed by atoms with Gasteiger partial charge in [0.25, 0.3) is 0 Å². The second-order valence-electron chi connectivity index (χ2n) is 8.69. The quantitative estimate of drug-likeness (QED) is 0.294. The minimum Gasteiger partial charge on any atom is -0.480 e. The van der Waals surface area contributed by atoms with Crippen LogP contribution < -0.4 is 15.5 Å². The van der Waals surface area contributed by atoms with Crippen molar-refractivity contribution in [2.75, 3.05) is 31.1 Å². The fourth-order valence-corrected chi connectivity index (χ4v) is 4.80. The molecule has 188 valence electrons. The molecule has 0 bridgehead atoms. The Balaban J connectivity index is 0.00000408. The SMILES string of the molecule is Br.CCOC(CCCC(=C=O)C1CCNCC1)NC1CCc2ccccc2N(CC(=O)O)C1=O. The number of aliphatic carboxylic acids is 1. The van der Waals surface area contributed by atoms with Gasteiger partial charge < -0.3 is 15.2 Å². The highest BCUT2D eigenvalue weighted by Gasteiger charge is 2.32. The van der Waals surface area contributed by atoms with Crippen molar-refractivity contribution in [1.29, 1.82) is 0 Å². The molecule has 2 unspecified atom stereocenters. The number of carbonyl (C=O) groups excluding carboxylic acids is 2. The van der Waals surface area contributed by atoms with Crippen LogP contribution in [0.5, 0.6) is 0 Å². The number of hydrogen-bond donors (Lipinski definition) is 3. The molecule has 1 saturated heterocycles. The number of nitrogens with one attached hydrogen (secondary N) is 2. The number of carbonyl (C=O) groups is 2. The largest absolute Gasteiger partial charge is 0.480 e. The van der Waals surface area contributed by atoms with Gasteiger partial charge in [0.2, 0.25) is 5.91 Å².